The van der Waals surface area contributed by atoms with E-state index >= 15 is 0 Å². The first-order chi connectivity index (χ1) is 13.9. The first kappa shape index (κ1) is 23.7. The van der Waals surface area contributed by atoms with Gasteiger partial charge in [-0.05, 0) is 45.4 Å². The van der Waals surface area contributed by atoms with Gasteiger partial charge in [0.1, 0.15) is 10.7 Å². The van der Waals surface area contributed by atoms with Crippen molar-refractivity contribution in [3.8, 4) is 10.4 Å². The van der Waals surface area contributed by atoms with Crippen molar-refractivity contribution in [2.45, 2.75) is 51.1 Å². The van der Waals surface area contributed by atoms with Gasteiger partial charge in [-0.2, -0.15) is 0 Å². The molecule has 1 aromatic carbocycles. The number of rotatable bonds is 7. The van der Waals surface area contributed by atoms with E-state index in [1.807, 2.05) is 13.8 Å². The van der Waals surface area contributed by atoms with Gasteiger partial charge in [-0.1, -0.05) is 17.4 Å². The number of halogens is 1. The van der Waals surface area contributed by atoms with Crippen LogP contribution in [0.2, 0.25) is 0 Å². The van der Waals surface area contributed by atoms with Crippen LogP contribution < -0.4 is 16.0 Å². The quantitative estimate of drug-likeness (QED) is 0.592. The van der Waals surface area contributed by atoms with E-state index < -0.39 is 21.7 Å². The minimum atomic E-state index is -3.66. The summed E-state index contributed by atoms with van der Waals surface area (Å²) in [5.41, 5.74) is 1.02. The Balaban J connectivity index is 2.07. The molecule has 164 valence electrons. The second-order valence-corrected chi connectivity index (χ2v) is 10.3. The molecule has 3 amide bonds. The maximum Gasteiger partial charge on any atom is 0.321 e. The smallest absolute Gasteiger partial charge is 0.321 e. The van der Waals surface area contributed by atoms with Crippen LogP contribution in [0.5, 0.6) is 0 Å². The average molecular weight is 457 g/mol. The SMILES string of the molecule is Cc1nc(NC(=O)NC(C)CC(=O)NC(C)C)sc1-c1ccc(S(C)(=O)=O)c(F)c1. The van der Waals surface area contributed by atoms with E-state index in [-0.39, 0.29) is 29.3 Å². The van der Waals surface area contributed by atoms with E-state index in [0.29, 0.717) is 21.3 Å². The molecule has 0 aliphatic heterocycles. The molecule has 0 aliphatic rings. The topological polar surface area (TPSA) is 117 Å². The maximum atomic E-state index is 14.2. The Morgan fingerprint density at radius 1 is 1.20 bits per heavy atom. The van der Waals surface area contributed by atoms with E-state index in [9.17, 15) is 22.4 Å². The van der Waals surface area contributed by atoms with Gasteiger partial charge in [-0.15, -0.1) is 0 Å². The monoisotopic (exact) mass is 456 g/mol. The lowest BCUT2D eigenvalue weighted by atomic mass is 10.1. The second kappa shape index (κ2) is 9.52. The molecule has 2 rings (SSSR count). The third-order valence-electron chi connectivity index (χ3n) is 3.93. The van der Waals surface area contributed by atoms with Gasteiger partial charge in [0.15, 0.2) is 15.0 Å². The molecule has 11 heteroatoms. The van der Waals surface area contributed by atoms with Crippen molar-refractivity contribution < 1.29 is 22.4 Å². The number of carbonyl (C=O) groups excluding carboxylic acids is 2. The van der Waals surface area contributed by atoms with E-state index in [4.69, 9.17) is 0 Å². The van der Waals surface area contributed by atoms with Crippen LogP contribution in [0.15, 0.2) is 23.1 Å². The van der Waals surface area contributed by atoms with Gasteiger partial charge in [-0.3, -0.25) is 10.1 Å². The molecule has 1 unspecified atom stereocenters. The number of nitrogens with one attached hydrogen (secondary N) is 3. The van der Waals surface area contributed by atoms with Crippen LogP contribution in [0.3, 0.4) is 0 Å². The number of urea groups is 1. The summed E-state index contributed by atoms with van der Waals surface area (Å²) in [7, 11) is -3.66. The van der Waals surface area contributed by atoms with E-state index in [1.165, 1.54) is 12.1 Å². The van der Waals surface area contributed by atoms with Crippen LogP contribution in [0.25, 0.3) is 10.4 Å². The first-order valence-electron chi connectivity index (χ1n) is 9.21. The van der Waals surface area contributed by atoms with Crippen molar-refractivity contribution in [2.24, 2.45) is 0 Å². The van der Waals surface area contributed by atoms with Crippen molar-refractivity contribution in [2.75, 3.05) is 11.6 Å². The van der Waals surface area contributed by atoms with E-state index in [0.717, 1.165) is 23.7 Å². The molecule has 30 heavy (non-hydrogen) atoms. The van der Waals surface area contributed by atoms with Gasteiger partial charge < -0.3 is 10.6 Å². The van der Waals surface area contributed by atoms with Crippen molar-refractivity contribution in [1.82, 2.24) is 15.6 Å². The Morgan fingerprint density at radius 2 is 1.87 bits per heavy atom. The van der Waals surface area contributed by atoms with Crippen molar-refractivity contribution in [3.05, 3.63) is 29.7 Å². The van der Waals surface area contributed by atoms with Crippen LogP contribution in [-0.4, -0.2) is 43.7 Å². The molecule has 0 spiro atoms. The summed E-state index contributed by atoms with van der Waals surface area (Å²) in [5, 5.41) is 8.32. The number of thiazole rings is 1. The van der Waals surface area contributed by atoms with Gasteiger partial charge in [0.2, 0.25) is 5.91 Å². The molecule has 2 aromatic rings. The summed E-state index contributed by atoms with van der Waals surface area (Å²) in [6, 6.07) is 2.96. The molecule has 1 atom stereocenters. The molecule has 1 aromatic heterocycles. The zero-order chi connectivity index (χ0) is 22.6. The van der Waals surface area contributed by atoms with Gasteiger partial charge in [0.05, 0.1) is 10.6 Å². The van der Waals surface area contributed by atoms with Gasteiger partial charge in [0, 0.05) is 24.8 Å². The number of nitrogens with zero attached hydrogens (tertiary/aromatic N) is 1. The molecular formula is C19H25FN4O4S2. The van der Waals surface area contributed by atoms with Crippen molar-refractivity contribution >= 4 is 38.2 Å². The summed E-state index contributed by atoms with van der Waals surface area (Å²) in [4.78, 5) is 28.4. The third-order valence-corrected chi connectivity index (χ3v) is 6.18. The zero-order valence-corrected chi connectivity index (χ0v) is 19.0. The molecule has 1 heterocycles. The number of aromatic nitrogens is 1. The fourth-order valence-corrected chi connectivity index (χ4v) is 4.41. The van der Waals surface area contributed by atoms with Crippen LogP contribution in [0.1, 0.15) is 32.9 Å². The van der Waals surface area contributed by atoms with E-state index in [2.05, 4.69) is 20.9 Å². The molecule has 0 radical (unpaired) electrons. The Bertz CT molecular complexity index is 1050. The molecule has 8 nitrogen and oxygen atoms in total. The summed E-state index contributed by atoms with van der Waals surface area (Å²) in [5.74, 6) is -1.01. The molecular weight excluding hydrogens is 431 g/mol. The predicted molar refractivity (Wildman–Crippen MR) is 115 cm³/mol. The highest BCUT2D eigenvalue weighted by molar-refractivity contribution is 7.90. The summed E-state index contributed by atoms with van der Waals surface area (Å²) in [6.45, 7) is 7.12. The van der Waals surface area contributed by atoms with Crippen molar-refractivity contribution in [3.63, 3.8) is 0 Å². The van der Waals surface area contributed by atoms with Gasteiger partial charge >= 0.3 is 6.03 Å². The number of anilines is 1. The second-order valence-electron chi connectivity index (χ2n) is 7.28. The molecule has 0 saturated carbocycles. The molecule has 0 saturated heterocycles. The Labute approximate surface area is 179 Å². The number of hydrogen-bond acceptors (Lipinski definition) is 6. The number of aryl methyl sites for hydroxylation is 1. The lowest BCUT2D eigenvalue weighted by Gasteiger charge is -2.15. The molecule has 0 aliphatic carbocycles. The summed E-state index contributed by atoms with van der Waals surface area (Å²) in [6.07, 6.45) is 1.08. The highest BCUT2D eigenvalue weighted by atomic mass is 32.2. The molecule has 0 fully saturated rings. The predicted octanol–water partition coefficient (Wildman–Crippen LogP) is 3.09. The minimum Gasteiger partial charge on any atom is -0.354 e. The van der Waals surface area contributed by atoms with Crippen LogP contribution in [0, 0.1) is 12.7 Å². The van der Waals surface area contributed by atoms with E-state index in [1.54, 1.807) is 13.8 Å². The highest BCUT2D eigenvalue weighted by Crippen LogP contribution is 2.34. The lowest BCUT2D eigenvalue weighted by molar-refractivity contribution is -0.121. The Kier molecular flexibility index (Phi) is 7.54. The summed E-state index contributed by atoms with van der Waals surface area (Å²) < 4.78 is 37.3. The number of sulfone groups is 1. The maximum absolute atomic E-state index is 14.2. The molecule has 3 N–H and O–H groups in total. The van der Waals surface area contributed by atoms with Gasteiger partial charge in [-0.25, -0.2) is 22.6 Å². The number of benzene rings is 1. The normalized spacial score (nSPS) is 12.5. The number of carbonyl (C=O) groups is 2. The van der Waals surface area contributed by atoms with Crippen LogP contribution in [-0.2, 0) is 14.6 Å². The Hall–Kier alpha value is -2.53. The van der Waals surface area contributed by atoms with Crippen LogP contribution >= 0.6 is 11.3 Å². The lowest BCUT2D eigenvalue weighted by Crippen LogP contribution is -2.40. The zero-order valence-electron chi connectivity index (χ0n) is 17.4. The summed E-state index contributed by atoms with van der Waals surface area (Å²) >= 11 is 1.13. The fourth-order valence-electron chi connectivity index (χ4n) is 2.73. The number of amides is 3. The minimum absolute atomic E-state index is 0.0200. The third kappa shape index (κ3) is 6.49. The van der Waals surface area contributed by atoms with Crippen molar-refractivity contribution in [1.29, 1.82) is 0 Å². The standard InChI is InChI=1S/C19H25FN4O4S2/c1-10(2)21-16(25)8-11(3)22-18(26)24-19-23-12(4)17(29-19)13-6-7-15(14(20)9-13)30(5,27)28/h6-7,9-11H,8H2,1-5H3,(H,21,25)(H2,22,23,24,26). The fraction of sp³-hybridized carbons (Fsp3) is 0.421. The largest absolute Gasteiger partial charge is 0.354 e. The van der Waals surface area contributed by atoms with Gasteiger partial charge in [0.25, 0.3) is 0 Å². The first-order valence-corrected chi connectivity index (χ1v) is 11.9. The number of hydrogen-bond donors (Lipinski definition) is 3. The van der Waals surface area contributed by atoms with Crippen LogP contribution in [0.4, 0.5) is 14.3 Å². The highest BCUT2D eigenvalue weighted by Gasteiger charge is 2.18. The average Bonchev–Trinajstić information content (AvgIpc) is 2.92. The Morgan fingerprint density at radius 3 is 2.43 bits per heavy atom. The molecule has 0 bridgehead atoms.